The van der Waals surface area contributed by atoms with Crippen LogP contribution in [-0.4, -0.2) is 29.5 Å². The molecule has 0 spiro atoms. The average molecular weight is 418 g/mol. The number of nitrogens with two attached hydrogens (primary N) is 1. The fourth-order valence-electron chi connectivity index (χ4n) is 2.81. The van der Waals surface area contributed by atoms with E-state index in [2.05, 4.69) is 15.7 Å². The van der Waals surface area contributed by atoms with E-state index < -0.39 is 23.7 Å². The summed E-state index contributed by atoms with van der Waals surface area (Å²) in [5.41, 5.74) is 6.54. The van der Waals surface area contributed by atoms with Crippen LogP contribution < -0.4 is 21.4 Å². The highest BCUT2D eigenvalue weighted by Gasteiger charge is 2.35. The quantitative estimate of drug-likeness (QED) is 0.692. The van der Waals surface area contributed by atoms with E-state index >= 15 is 0 Å². The lowest BCUT2D eigenvalue weighted by molar-refractivity contribution is -0.119. The van der Waals surface area contributed by atoms with Gasteiger partial charge in [-0.15, -0.1) is 0 Å². The van der Waals surface area contributed by atoms with E-state index in [0.29, 0.717) is 16.4 Å². The maximum atomic E-state index is 13.2. The van der Waals surface area contributed by atoms with E-state index in [-0.39, 0.29) is 23.7 Å². The van der Waals surface area contributed by atoms with Crippen molar-refractivity contribution in [2.75, 3.05) is 15.6 Å². The molecule has 1 aliphatic heterocycles. The van der Waals surface area contributed by atoms with Gasteiger partial charge in [-0.25, -0.2) is 4.39 Å². The van der Waals surface area contributed by atoms with Gasteiger partial charge in [0.25, 0.3) is 5.91 Å². The first-order chi connectivity index (χ1) is 13.7. The van der Waals surface area contributed by atoms with Gasteiger partial charge in [0.05, 0.1) is 17.1 Å². The Balaban J connectivity index is 1.86. The smallest absolute Gasteiger partial charge is 0.272 e. The molecule has 2 aromatic rings. The Bertz CT molecular complexity index is 1010. The molecule has 0 radical (unpaired) electrons. The Morgan fingerprint density at radius 2 is 1.83 bits per heavy atom. The van der Waals surface area contributed by atoms with Crippen molar-refractivity contribution < 1.29 is 18.8 Å². The average Bonchev–Trinajstić information content (AvgIpc) is 3.10. The molecule has 0 aromatic heterocycles. The van der Waals surface area contributed by atoms with Gasteiger partial charge in [0.1, 0.15) is 17.6 Å². The van der Waals surface area contributed by atoms with Crippen LogP contribution in [-0.2, 0) is 14.4 Å². The summed E-state index contributed by atoms with van der Waals surface area (Å²) in [4.78, 5) is 35.9. The fraction of sp³-hybridized carbons (Fsp3) is 0.158. The van der Waals surface area contributed by atoms with Gasteiger partial charge in [0, 0.05) is 18.4 Å². The predicted octanol–water partition coefficient (Wildman–Crippen LogP) is 2.50. The molecule has 0 fully saturated rings. The first-order valence-corrected chi connectivity index (χ1v) is 8.92. The molecule has 4 N–H and O–H groups in total. The molecule has 0 saturated heterocycles. The largest absolute Gasteiger partial charge is 0.368 e. The lowest BCUT2D eigenvalue weighted by atomic mass is 10.1. The molecule has 1 unspecified atom stereocenters. The number of hydrogen-bond donors (Lipinski definition) is 3. The van der Waals surface area contributed by atoms with Crippen LogP contribution in [0.25, 0.3) is 0 Å². The number of nitrogens with zero attached hydrogens (tertiary/aromatic N) is 2. The number of amides is 3. The summed E-state index contributed by atoms with van der Waals surface area (Å²) >= 11 is 5.98. The highest BCUT2D eigenvalue weighted by atomic mass is 35.5. The van der Waals surface area contributed by atoms with E-state index in [0.717, 1.165) is 0 Å². The van der Waals surface area contributed by atoms with Gasteiger partial charge in [-0.2, -0.15) is 5.10 Å². The molecule has 3 amide bonds. The second-order valence-corrected chi connectivity index (χ2v) is 6.75. The summed E-state index contributed by atoms with van der Waals surface area (Å²) in [6.07, 6.45) is -0.0332. The van der Waals surface area contributed by atoms with Crippen molar-refractivity contribution in [2.24, 2.45) is 10.8 Å². The molecule has 0 bridgehead atoms. The van der Waals surface area contributed by atoms with Crippen LogP contribution in [0.2, 0.25) is 5.02 Å². The maximum Gasteiger partial charge on any atom is 0.272 e. The molecule has 1 aliphatic rings. The van der Waals surface area contributed by atoms with E-state index in [9.17, 15) is 18.8 Å². The first kappa shape index (κ1) is 20.3. The minimum atomic E-state index is -0.893. The van der Waals surface area contributed by atoms with Gasteiger partial charge in [-0.05, 0) is 42.5 Å². The number of benzene rings is 2. The van der Waals surface area contributed by atoms with Crippen molar-refractivity contribution >= 4 is 52.1 Å². The summed E-state index contributed by atoms with van der Waals surface area (Å²) < 4.78 is 13.2. The van der Waals surface area contributed by atoms with Crippen LogP contribution >= 0.6 is 11.6 Å². The van der Waals surface area contributed by atoms with Crippen LogP contribution in [0, 0.1) is 5.82 Å². The summed E-state index contributed by atoms with van der Waals surface area (Å²) in [6, 6.07) is 8.99. The van der Waals surface area contributed by atoms with Gasteiger partial charge >= 0.3 is 0 Å². The van der Waals surface area contributed by atoms with E-state index in [4.69, 9.17) is 17.3 Å². The van der Waals surface area contributed by atoms with Crippen LogP contribution in [0.4, 0.5) is 21.5 Å². The van der Waals surface area contributed by atoms with Crippen molar-refractivity contribution in [2.45, 2.75) is 19.4 Å². The van der Waals surface area contributed by atoms with Crippen LogP contribution in [0.3, 0.4) is 0 Å². The Morgan fingerprint density at radius 3 is 2.45 bits per heavy atom. The second kappa shape index (κ2) is 8.27. The number of rotatable bonds is 5. The highest BCUT2D eigenvalue weighted by molar-refractivity contribution is 6.44. The number of primary amides is 1. The minimum Gasteiger partial charge on any atom is -0.368 e. The molecular weight excluding hydrogens is 401 g/mol. The summed E-state index contributed by atoms with van der Waals surface area (Å²) in [6.45, 7) is 1.33. The summed E-state index contributed by atoms with van der Waals surface area (Å²) in [5.74, 6) is -2.04. The van der Waals surface area contributed by atoms with Crippen molar-refractivity contribution in [3.63, 3.8) is 0 Å². The van der Waals surface area contributed by atoms with Gasteiger partial charge in [0.15, 0.2) is 0 Å². The molecule has 29 heavy (non-hydrogen) atoms. The summed E-state index contributed by atoms with van der Waals surface area (Å²) in [7, 11) is 0. The van der Waals surface area contributed by atoms with Crippen molar-refractivity contribution in [1.29, 1.82) is 0 Å². The molecule has 8 nitrogen and oxygen atoms in total. The molecule has 3 rings (SSSR count). The molecule has 1 heterocycles. The lowest BCUT2D eigenvalue weighted by Gasteiger charge is -2.20. The third-order valence-corrected chi connectivity index (χ3v) is 4.37. The predicted molar refractivity (Wildman–Crippen MR) is 108 cm³/mol. The number of carbonyl (C=O) groups is 3. The third kappa shape index (κ3) is 4.69. The van der Waals surface area contributed by atoms with Crippen molar-refractivity contribution in [3.05, 3.63) is 53.3 Å². The van der Waals surface area contributed by atoms with Gasteiger partial charge in [-0.1, -0.05) is 11.6 Å². The van der Waals surface area contributed by atoms with Crippen LogP contribution in [0.15, 0.2) is 47.6 Å². The lowest BCUT2D eigenvalue weighted by Crippen LogP contribution is -2.39. The Labute approximate surface area is 170 Å². The zero-order valence-electron chi connectivity index (χ0n) is 15.3. The fourth-order valence-corrected chi connectivity index (χ4v) is 2.99. The SMILES string of the molecule is CC(=O)Nc1ccc(Cl)cc1NC(=O)C1=NN(c2ccc(F)cc2)C(C(N)=O)C1. The number of halogens is 2. The molecule has 10 heteroatoms. The monoisotopic (exact) mass is 417 g/mol. The minimum absolute atomic E-state index is 0.0332. The second-order valence-electron chi connectivity index (χ2n) is 6.32. The summed E-state index contributed by atoms with van der Waals surface area (Å²) in [5, 5.41) is 11.1. The topological polar surface area (TPSA) is 117 Å². The van der Waals surface area contributed by atoms with E-state index in [1.54, 1.807) is 12.1 Å². The Kier molecular flexibility index (Phi) is 5.79. The van der Waals surface area contributed by atoms with Crippen LogP contribution in [0.5, 0.6) is 0 Å². The zero-order valence-corrected chi connectivity index (χ0v) is 16.0. The normalized spacial score (nSPS) is 15.6. The molecular formula is C19H17ClFN5O3. The molecule has 2 aromatic carbocycles. The standard InChI is InChI=1S/C19H17ClFN5O3/c1-10(27)23-14-7-2-11(20)8-15(14)24-19(29)16-9-17(18(22)28)26(25-16)13-5-3-12(21)4-6-13/h2-8,17H,9H2,1H3,(H2,22,28)(H,23,27)(H,24,29). The number of nitrogens with one attached hydrogen (secondary N) is 2. The Morgan fingerprint density at radius 1 is 1.14 bits per heavy atom. The molecule has 150 valence electrons. The number of hydrazone groups is 1. The maximum absolute atomic E-state index is 13.2. The number of carbonyl (C=O) groups excluding carboxylic acids is 3. The highest BCUT2D eigenvalue weighted by Crippen LogP contribution is 2.28. The first-order valence-electron chi connectivity index (χ1n) is 8.54. The number of anilines is 3. The van der Waals surface area contributed by atoms with Gasteiger partial charge < -0.3 is 16.4 Å². The van der Waals surface area contributed by atoms with Crippen LogP contribution in [0.1, 0.15) is 13.3 Å². The molecule has 0 aliphatic carbocycles. The Hall–Kier alpha value is -3.46. The zero-order chi connectivity index (χ0) is 21.1. The van der Waals surface area contributed by atoms with Crippen molar-refractivity contribution in [1.82, 2.24) is 0 Å². The van der Waals surface area contributed by atoms with Gasteiger partial charge in [0.2, 0.25) is 11.8 Å². The molecule has 0 saturated carbocycles. The van der Waals surface area contributed by atoms with E-state index in [1.165, 1.54) is 42.3 Å². The molecule has 1 atom stereocenters. The third-order valence-electron chi connectivity index (χ3n) is 4.13. The van der Waals surface area contributed by atoms with E-state index in [1.807, 2.05) is 0 Å². The number of hydrogen-bond acceptors (Lipinski definition) is 5. The van der Waals surface area contributed by atoms with Gasteiger partial charge in [-0.3, -0.25) is 19.4 Å². The van der Waals surface area contributed by atoms with Crippen molar-refractivity contribution in [3.8, 4) is 0 Å².